The van der Waals surface area contributed by atoms with Crippen LogP contribution >= 0.6 is 11.7 Å². The van der Waals surface area contributed by atoms with Crippen LogP contribution < -0.4 is 4.90 Å². The Hall–Kier alpha value is -5.56. The highest BCUT2D eigenvalue weighted by Gasteiger charge is 2.16. The van der Waals surface area contributed by atoms with E-state index in [0.29, 0.717) is 0 Å². The standard InChI is InChI=1S/C34H21N5S/c35-22-25(23-36)20-24-8-7-9-27(21-24)32-19-18-31(33-34(32)38-40-37-33)26-14-16-30(17-15-26)39(28-10-3-1-4-11-28)29-12-5-2-6-13-29/h1-21H. The van der Waals surface area contributed by atoms with Gasteiger partial charge in [-0.05, 0) is 65.2 Å². The molecular weight excluding hydrogens is 510 g/mol. The highest BCUT2D eigenvalue weighted by molar-refractivity contribution is 7.00. The number of nitrogens with zero attached hydrogens (tertiary/aromatic N) is 5. The molecule has 0 aliphatic heterocycles. The molecule has 0 amide bonds. The maximum absolute atomic E-state index is 9.13. The van der Waals surface area contributed by atoms with Gasteiger partial charge in [0.2, 0.25) is 0 Å². The lowest BCUT2D eigenvalue weighted by Crippen LogP contribution is -2.09. The highest BCUT2D eigenvalue weighted by atomic mass is 32.1. The monoisotopic (exact) mass is 531 g/mol. The van der Waals surface area contributed by atoms with Gasteiger partial charge >= 0.3 is 0 Å². The second kappa shape index (κ2) is 11.0. The smallest absolute Gasteiger partial charge is 0.130 e. The van der Waals surface area contributed by atoms with E-state index in [0.717, 1.165) is 55.9 Å². The fourth-order valence-electron chi connectivity index (χ4n) is 4.78. The van der Waals surface area contributed by atoms with Gasteiger partial charge in [0, 0.05) is 28.2 Å². The predicted molar refractivity (Wildman–Crippen MR) is 162 cm³/mol. The van der Waals surface area contributed by atoms with Gasteiger partial charge in [-0.25, -0.2) is 0 Å². The average molecular weight is 532 g/mol. The van der Waals surface area contributed by atoms with Crippen molar-refractivity contribution < 1.29 is 0 Å². The van der Waals surface area contributed by atoms with Gasteiger partial charge < -0.3 is 4.90 Å². The molecule has 5 aromatic carbocycles. The Kier molecular flexibility index (Phi) is 6.84. The van der Waals surface area contributed by atoms with E-state index in [1.165, 1.54) is 11.7 Å². The number of anilines is 3. The molecule has 1 heterocycles. The third-order valence-corrected chi connectivity index (χ3v) is 7.16. The summed E-state index contributed by atoms with van der Waals surface area (Å²) >= 11 is 1.19. The molecule has 0 saturated heterocycles. The molecule has 0 bridgehead atoms. The normalized spacial score (nSPS) is 10.4. The van der Waals surface area contributed by atoms with Crippen molar-refractivity contribution in [3.63, 3.8) is 0 Å². The molecule has 5 nitrogen and oxygen atoms in total. The maximum atomic E-state index is 9.13. The van der Waals surface area contributed by atoms with Gasteiger partial charge in [0.15, 0.2) is 0 Å². The van der Waals surface area contributed by atoms with E-state index in [-0.39, 0.29) is 5.57 Å². The van der Waals surface area contributed by atoms with E-state index in [9.17, 15) is 0 Å². The van der Waals surface area contributed by atoms with Gasteiger partial charge in [0.25, 0.3) is 0 Å². The summed E-state index contributed by atoms with van der Waals surface area (Å²) in [5, 5.41) is 18.3. The van der Waals surface area contributed by atoms with Gasteiger partial charge in [-0.15, -0.1) is 0 Å². The zero-order chi connectivity index (χ0) is 27.3. The summed E-state index contributed by atoms with van der Waals surface area (Å²) in [4.78, 5) is 2.23. The number of para-hydroxylation sites is 2. The molecule has 6 rings (SSSR count). The first-order valence-electron chi connectivity index (χ1n) is 12.6. The Balaban J connectivity index is 1.38. The minimum Gasteiger partial charge on any atom is -0.311 e. The molecule has 1 aromatic heterocycles. The van der Waals surface area contributed by atoms with Crippen LogP contribution in [0.1, 0.15) is 5.56 Å². The lowest BCUT2D eigenvalue weighted by molar-refractivity contribution is 1.28. The molecule has 0 unspecified atom stereocenters. The number of hydrogen-bond acceptors (Lipinski definition) is 6. The average Bonchev–Trinajstić information content (AvgIpc) is 3.51. The molecule has 6 aromatic rings. The van der Waals surface area contributed by atoms with Gasteiger partial charge in [-0.3, -0.25) is 0 Å². The fraction of sp³-hybridized carbons (Fsp3) is 0. The fourth-order valence-corrected chi connectivity index (χ4v) is 5.35. The largest absolute Gasteiger partial charge is 0.311 e. The van der Waals surface area contributed by atoms with Crippen LogP contribution in [0.3, 0.4) is 0 Å². The van der Waals surface area contributed by atoms with E-state index >= 15 is 0 Å². The van der Waals surface area contributed by atoms with Crippen LogP contribution in [0.25, 0.3) is 39.4 Å². The summed E-state index contributed by atoms with van der Waals surface area (Å²) in [5.74, 6) is 0. The molecule has 188 valence electrons. The summed E-state index contributed by atoms with van der Waals surface area (Å²) in [6.45, 7) is 0. The van der Waals surface area contributed by atoms with Crippen LogP contribution in [0.4, 0.5) is 17.1 Å². The van der Waals surface area contributed by atoms with Gasteiger partial charge in [-0.1, -0.05) is 78.9 Å². The summed E-state index contributed by atoms with van der Waals surface area (Å²) in [6.07, 6.45) is 1.59. The summed E-state index contributed by atoms with van der Waals surface area (Å²) in [5.41, 5.74) is 9.72. The van der Waals surface area contributed by atoms with Crippen molar-refractivity contribution in [2.24, 2.45) is 0 Å². The number of aromatic nitrogens is 2. The van der Waals surface area contributed by atoms with Crippen molar-refractivity contribution in [2.45, 2.75) is 0 Å². The summed E-state index contributed by atoms with van der Waals surface area (Å²) in [7, 11) is 0. The number of nitriles is 2. The predicted octanol–water partition coefficient (Wildman–Crippen LogP) is 8.93. The van der Waals surface area contributed by atoms with Gasteiger partial charge in [0.05, 0.1) is 11.7 Å². The molecule has 6 heteroatoms. The van der Waals surface area contributed by atoms with E-state index < -0.39 is 0 Å². The number of rotatable bonds is 6. The Morgan fingerprint density at radius 2 is 1.15 bits per heavy atom. The molecule has 0 fully saturated rings. The first-order valence-corrected chi connectivity index (χ1v) is 13.4. The van der Waals surface area contributed by atoms with Crippen molar-refractivity contribution in [3.8, 4) is 34.4 Å². The van der Waals surface area contributed by atoms with Crippen molar-refractivity contribution in [1.82, 2.24) is 8.75 Å². The third-order valence-electron chi connectivity index (χ3n) is 6.63. The van der Waals surface area contributed by atoms with Gasteiger partial charge in [0.1, 0.15) is 28.7 Å². The molecule has 0 saturated carbocycles. The second-order valence-electron chi connectivity index (χ2n) is 9.08. The summed E-state index contributed by atoms with van der Waals surface area (Å²) < 4.78 is 9.28. The van der Waals surface area contributed by atoms with E-state index in [4.69, 9.17) is 10.5 Å². The van der Waals surface area contributed by atoms with E-state index in [2.05, 4.69) is 74.3 Å². The van der Waals surface area contributed by atoms with Crippen LogP contribution in [0.5, 0.6) is 0 Å². The SMILES string of the molecule is N#CC(C#N)=Cc1cccc(-c2ccc(-c3ccc(N(c4ccccc4)c4ccccc4)cc3)c3nsnc23)c1. The number of benzene rings is 5. The first-order chi connectivity index (χ1) is 19.7. The zero-order valence-corrected chi connectivity index (χ0v) is 22.1. The Morgan fingerprint density at radius 3 is 1.73 bits per heavy atom. The zero-order valence-electron chi connectivity index (χ0n) is 21.3. The van der Waals surface area contributed by atoms with Crippen molar-refractivity contribution in [3.05, 3.63) is 132 Å². The summed E-state index contributed by atoms with van der Waals surface area (Å²) in [6, 6.07) is 44.9. The first kappa shape index (κ1) is 24.8. The Bertz CT molecular complexity index is 1860. The molecular formula is C34H21N5S. The number of hydrogen-bond donors (Lipinski definition) is 0. The van der Waals surface area contributed by atoms with E-state index in [1.807, 2.05) is 72.8 Å². The molecule has 0 N–H and O–H groups in total. The Labute approximate surface area is 236 Å². The van der Waals surface area contributed by atoms with Gasteiger partial charge in [-0.2, -0.15) is 19.3 Å². The van der Waals surface area contributed by atoms with Crippen molar-refractivity contribution in [1.29, 1.82) is 10.5 Å². The molecule has 0 aliphatic carbocycles. The van der Waals surface area contributed by atoms with Crippen LogP contribution in [-0.4, -0.2) is 8.75 Å². The van der Waals surface area contributed by atoms with Crippen LogP contribution in [0.2, 0.25) is 0 Å². The van der Waals surface area contributed by atoms with E-state index in [1.54, 1.807) is 6.08 Å². The Morgan fingerprint density at radius 1 is 0.600 bits per heavy atom. The molecule has 0 radical (unpaired) electrons. The maximum Gasteiger partial charge on any atom is 0.130 e. The second-order valence-corrected chi connectivity index (χ2v) is 9.61. The topological polar surface area (TPSA) is 76.6 Å². The molecule has 0 spiro atoms. The minimum atomic E-state index is 0.0644. The van der Waals surface area contributed by atoms with Crippen LogP contribution in [0, 0.1) is 22.7 Å². The quantitative estimate of drug-likeness (QED) is 0.201. The van der Waals surface area contributed by atoms with Crippen LogP contribution in [0.15, 0.2) is 127 Å². The molecule has 40 heavy (non-hydrogen) atoms. The van der Waals surface area contributed by atoms with Crippen LogP contribution in [-0.2, 0) is 0 Å². The third kappa shape index (κ3) is 4.83. The molecule has 0 aliphatic rings. The number of allylic oxidation sites excluding steroid dienone is 1. The minimum absolute atomic E-state index is 0.0644. The lowest BCUT2D eigenvalue weighted by Gasteiger charge is -2.25. The lowest BCUT2D eigenvalue weighted by atomic mass is 9.96. The van der Waals surface area contributed by atoms with Crippen molar-refractivity contribution in [2.75, 3.05) is 4.90 Å². The number of fused-ring (bicyclic) bond motifs is 1. The highest BCUT2D eigenvalue weighted by Crippen LogP contribution is 2.38. The van der Waals surface area contributed by atoms with Crippen molar-refractivity contribution >= 4 is 45.9 Å². The molecule has 0 atom stereocenters.